The van der Waals surface area contributed by atoms with E-state index in [2.05, 4.69) is 15.4 Å². The van der Waals surface area contributed by atoms with Crippen LogP contribution in [0.25, 0.3) is 5.70 Å². The van der Waals surface area contributed by atoms with Gasteiger partial charge in [0.05, 0.1) is 19.9 Å². The lowest BCUT2D eigenvalue weighted by atomic mass is 9.84. The number of benzene rings is 3. The minimum Gasteiger partial charge on any atom is -0.493 e. The Balaban J connectivity index is 1.63. The highest BCUT2D eigenvalue weighted by Gasteiger charge is 2.41. The molecule has 7 nitrogen and oxygen atoms in total. The van der Waals surface area contributed by atoms with Gasteiger partial charge in [0.1, 0.15) is 23.9 Å². The van der Waals surface area contributed by atoms with Crippen LogP contribution in [0.4, 0.5) is 10.3 Å². The van der Waals surface area contributed by atoms with Crippen molar-refractivity contribution in [3.8, 4) is 17.2 Å². The van der Waals surface area contributed by atoms with Gasteiger partial charge in [0, 0.05) is 16.7 Å². The first-order valence-corrected chi connectivity index (χ1v) is 10.8. The summed E-state index contributed by atoms with van der Waals surface area (Å²) in [5.41, 5.74) is 3.86. The molecular weight excluding hydrogens is 435 g/mol. The molecule has 3 aromatic carbocycles. The van der Waals surface area contributed by atoms with Crippen LogP contribution >= 0.6 is 0 Å². The molecule has 2 aliphatic heterocycles. The maximum atomic E-state index is 15.1. The zero-order valence-corrected chi connectivity index (χ0v) is 18.5. The average molecular weight is 456 g/mol. The molecule has 0 aliphatic carbocycles. The van der Waals surface area contributed by atoms with Crippen LogP contribution in [-0.4, -0.2) is 29.0 Å². The Labute approximate surface area is 195 Å². The van der Waals surface area contributed by atoms with Gasteiger partial charge >= 0.3 is 0 Å². The minimum atomic E-state index is -0.686. The van der Waals surface area contributed by atoms with E-state index in [0.29, 0.717) is 28.8 Å². The van der Waals surface area contributed by atoms with E-state index in [9.17, 15) is 0 Å². The number of methoxy groups -OCH3 is 2. The van der Waals surface area contributed by atoms with Crippen molar-refractivity contribution in [2.24, 2.45) is 0 Å². The summed E-state index contributed by atoms with van der Waals surface area (Å²) in [7, 11) is 3.19. The Morgan fingerprint density at radius 3 is 2.59 bits per heavy atom. The Morgan fingerprint density at radius 1 is 0.971 bits per heavy atom. The summed E-state index contributed by atoms with van der Waals surface area (Å²) in [5.74, 6) is 2.11. The Kier molecular flexibility index (Phi) is 4.72. The van der Waals surface area contributed by atoms with Crippen LogP contribution in [0.5, 0.6) is 17.2 Å². The molecule has 0 bridgehead atoms. The Hall–Kier alpha value is -4.33. The summed E-state index contributed by atoms with van der Waals surface area (Å²) < 4.78 is 34.3. The molecule has 0 unspecified atom stereocenters. The molecule has 0 amide bonds. The fraction of sp³-hybridized carbons (Fsp3) is 0.154. The van der Waals surface area contributed by atoms with Crippen molar-refractivity contribution in [2.75, 3.05) is 19.5 Å². The third-order valence-corrected chi connectivity index (χ3v) is 6.23. The van der Waals surface area contributed by atoms with Gasteiger partial charge in [-0.05, 0) is 35.9 Å². The van der Waals surface area contributed by atoms with E-state index in [1.54, 1.807) is 31.0 Å². The fourth-order valence-electron chi connectivity index (χ4n) is 4.71. The standard InChI is InChI=1S/C26H21FN4O3/c1-32-20-12-11-15(13-21(20)33-2)24-22-23(30-26-28-14-29-31(24)26)17-8-4-6-10-19(17)34-25(22)16-7-3-5-9-18(16)27/h3-14,24-25H,1-2H3,(H,28,29,30)/t24-,25-/m0/s1. The van der Waals surface area contributed by atoms with Gasteiger partial charge in [-0.2, -0.15) is 10.1 Å². The van der Waals surface area contributed by atoms with Crippen molar-refractivity contribution in [3.63, 3.8) is 0 Å². The van der Waals surface area contributed by atoms with Gasteiger partial charge in [-0.15, -0.1) is 0 Å². The summed E-state index contributed by atoms with van der Waals surface area (Å²) in [5, 5.41) is 7.91. The van der Waals surface area contributed by atoms with Crippen molar-refractivity contribution in [1.29, 1.82) is 0 Å². The van der Waals surface area contributed by atoms with Crippen molar-refractivity contribution in [3.05, 3.63) is 101 Å². The van der Waals surface area contributed by atoms with E-state index in [-0.39, 0.29) is 5.82 Å². The van der Waals surface area contributed by atoms with E-state index in [1.807, 2.05) is 48.5 Å². The largest absolute Gasteiger partial charge is 0.493 e. The summed E-state index contributed by atoms with van der Waals surface area (Å²) in [4.78, 5) is 4.42. The molecule has 1 N–H and O–H groups in total. The maximum absolute atomic E-state index is 15.1. The van der Waals surface area contributed by atoms with Crippen molar-refractivity contribution < 1.29 is 18.6 Å². The normalized spacial score (nSPS) is 18.2. The molecule has 34 heavy (non-hydrogen) atoms. The number of nitrogens with one attached hydrogen (secondary N) is 1. The second-order valence-electron chi connectivity index (χ2n) is 8.02. The molecule has 2 atom stereocenters. The van der Waals surface area contributed by atoms with Crippen molar-refractivity contribution in [2.45, 2.75) is 12.1 Å². The monoisotopic (exact) mass is 456 g/mol. The van der Waals surface area contributed by atoms with Gasteiger partial charge in [-0.3, -0.25) is 0 Å². The first kappa shape index (κ1) is 20.3. The number of hydrogen-bond donors (Lipinski definition) is 1. The fourth-order valence-corrected chi connectivity index (χ4v) is 4.71. The average Bonchev–Trinajstić information content (AvgIpc) is 3.35. The minimum absolute atomic E-state index is 0.339. The second kappa shape index (κ2) is 7.91. The van der Waals surface area contributed by atoms with Crippen LogP contribution in [0.3, 0.4) is 0 Å². The molecule has 3 heterocycles. The lowest BCUT2D eigenvalue weighted by molar-refractivity contribution is 0.218. The topological polar surface area (TPSA) is 70.4 Å². The summed E-state index contributed by atoms with van der Waals surface area (Å²) >= 11 is 0. The third kappa shape index (κ3) is 3.02. The van der Waals surface area contributed by atoms with E-state index < -0.39 is 12.1 Å². The SMILES string of the molecule is COc1ccc([C@H]2C3=C(Nc4ncnn42)c2ccccc2O[C@H]3c2ccccc2F)cc1OC. The lowest BCUT2D eigenvalue weighted by Crippen LogP contribution is -2.32. The van der Waals surface area contributed by atoms with Crippen LogP contribution < -0.4 is 19.5 Å². The van der Waals surface area contributed by atoms with Crippen LogP contribution in [0.1, 0.15) is 28.8 Å². The second-order valence-corrected chi connectivity index (χ2v) is 8.02. The lowest BCUT2D eigenvalue weighted by Gasteiger charge is -2.39. The van der Waals surface area contributed by atoms with Gasteiger partial charge in [0.2, 0.25) is 5.95 Å². The first-order valence-electron chi connectivity index (χ1n) is 10.8. The number of aromatic nitrogens is 3. The molecule has 0 saturated heterocycles. The van der Waals surface area contributed by atoms with Crippen LogP contribution in [-0.2, 0) is 0 Å². The molecule has 4 aromatic rings. The predicted octanol–water partition coefficient (Wildman–Crippen LogP) is 4.99. The van der Waals surface area contributed by atoms with Gasteiger partial charge in [0.15, 0.2) is 17.6 Å². The van der Waals surface area contributed by atoms with Crippen molar-refractivity contribution in [1.82, 2.24) is 14.8 Å². The van der Waals surface area contributed by atoms with Gasteiger partial charge < -0.3 is 19.5 Å². The van der Waals surface area contributed by atoms with E-state index in [4.69, 9.17) is 14.2 Å². The van der Waals surface area contributed by atoms with Crippen LogP contribution in [0.2, 0.25) is 0 Å². The number of hydrogen-bond acceptors (Lipinski definition) is 6. The number of anilines is 1. The van der Waals surface area contributed by atoms with E-state index >= 15 is 4.39 Å². The van der Waals surface area contributed by atoms with Crippen LogP contribution in [0.15, 0.2) is 78.6 Å². The molecule has 1 aromatic heterocycles. The molecule has 6 rings (SSSR count). The highest BCUT2D eigenvalue weighted by Crippen LogP contribution is 2.51. The molecule has 0 fully saturated rings. The number of ether oxygens (including phenoxy) is 3. The number of fused-ring (bicyclic) bond motifs is 3. The smallest absolute Gasteiger partial charge is 0.226 e. The summed E-state index contributed by atoms with van der Waals surface area (Å²) in [6.07, 6.45) is 0.813. The molecule has 0 radical (unpaired) electrons. The molecule has 2 aliphatic rings. The predicted molar refractivity (Wildman–Crippen MR) is 124 cm³/mol. The van der Waals surface area contributed by atoms with Gasteiger partial charge in [-0.25, -0.2) is 9.07 Å². The molecular formula is C26H21FN4O3. The highest BCUT2D eigenvalue weighted by atomic mass is 19.1. The molecule has 170 valence electrons. The number of rotatable bonds is 4. The summed E-state index contributed by atoms with van der Waals surface area (Å²) in [6, 6.07) is 19.7. The third-order valence-electron chi connectivity index (χ3n) is 6.23. The summed E-state index contributed by atoms with van der Waals surface area (Å²) in [6.45, 7) is 0. The molecule has 0 spiro atoms. The Bertz CT molecular complexity index is 1430. The molecule has 8 heteroatoms. The quantitative estimate of drug-likeness (QED) is 0.466. The van der Waals surface area contributed by atoms with Gasteiger partial charge in [-0.1, -0.05) is 36.4 Å². The molecule has 0 saturated carbocycles. The van der Waals surface area contributed by atoms with E-state index in [0.717, 1.165) is 22.4 Å². The zero-order chi connectivity index (χ0) is 23.2. The van der Waals surface area contributed by atoms with Gasteiger partial charge in [0.25, 0.3) is 0 Å². The highest BCUT2D eigenvalue weighted by molar-refractivity contribution is 5.85. The zero-order valence-electron chi connectivity index (χ0n) is 18.5. The number of para-hydroxylation sites is 1. The van der Waals surface area contributed by atoms with E-state index in [1.165, 1.54) is 12.4 Å². The Morgan fingerprint density at radius 2 is 1.76 bits per heavy atom. The van der Waals surface area contributed by atoms with Crippen LogP contribution in [0, 0.1) is 5.82 Å². The number of halogens is 1. The first-order chi connectivity index (χ1) is 16.7. The maximum Gasteiger partial charge on any atom is 0.226 e. The number of nitrogens with zero attached hydrogens (tertiary/aromatic N) is 3. The van der Waals surface area contributed by atoms with Crippen molar-refractivity contribution >= 4 is 11.6 Å².